The topological polar surface area (TPSA) is 0 Å². The van der Waals surface area contributed by atoms with Crippen molar-refractivity contribution >= 4 is 0 Å². The highest BCUT2D eigenvalue weighted by atomic mass is 19.2. The van der Waals surface area contributed by atoms with Crippen LogP contribution >= 0.6 is 0 Å². The third-order valence-electron chi connectivity index (χ3n) is 0.836. The van der Waals surface area contributed by atoms with Gasteiger partial charge in [-0.1, -0.05) is 12.2 Å². The predicted octanol–water partition coefficient (Wildman–Crippen LogP) is 1.76. The van der Waals surface area contributed by atoms with Gasteiger partial charge < -0.3 is 0 Å². The first-order chi connectivity index (χ1) is 3.80. The van der Waals surface area contributed by atoms with Gasteiger partial charge in [0, 0.05) is 0 Å². The van der Waals surface area contributed by atoms with E-state index in [1.165, 1.54) is 12.2 Å². The summed E-state index contributed by atoms with van der Waals surface area (Å²) in [6, 6.07) is 0. The molecule has 2 radical (unpaired) electrons. The Balaban J connectivity index is 2.59. The molecule has 1 atom stereocenters. The van der Waals surface area contributed by atoms with E-state index in [-0.39, 0.29) is 0 Å². The van der Waals surface area contributed by atoms with E-state index in [0.29, 0.717) is 0 Å². The molecule has 2 heteroatoms. The summed E-state index contributed by atoms with van der Waals surface area (Å²) in [5.41, 5.74) is 0. The van der Waals surface area contributed by atoms with Crippen molar-refractivity contribution in [2.75, 3.05) is 0 Å². The fraction of sp³-hybridized carbons (Fsp3) is 0.167. The molecule has 0 nitrogen and oxygen atoms in total. The average molecular weight is 114 g/mol. The molecule has 0 aromatic carbocycles. The van der Waals surface area contributed by atoms with Crippen LogP contribution in [0.2, 0.25) is 0 Å². The number of hydrogen-bond acceptors (Lipinski definition) is 0. The molecular weight excluding hydrogens is 110 g/mol. The van der Waals surface area contributed by atoms with Crippen molar-refractivity contribution in [3.8, 4) is 0 Å². The lowest BCUT2D eigenvalue weighted by molar-refractivity contribution is 0.323. The first-order valence-electron chi connectivity index (χ1n) is 2.23. The third-order valence-corrected chi connectivity index (χ3v) is 0.836. The molecule has 1 aliphatic carbocycles. The van der Waals surface area contributed by atoms with E-state index >= 15 is 0 Å². The quantitative estimate of drug-likeness (QED) is 0.450. The Morgan fingerprint density at radius 3 is 2.75 bits per heavy atom. The minimum absolute atomic E-state index is 0.771. The zero-order valence-corrected chi connectivity index (χ0v) is 4.07. The maximum Gasteiger partial charge on any atom is 0.205 e. The van der Waals surface area contributed by atoms with E-state index in [4.69, 9.17) is 0 Å². The van der Waals surface area contributed by atoms with Gasteiger partial charge in [-0.05, 0) is 12.2 Å². The standard InChI is InChI=1S/C6H4F2/c7-5-3-1-2-4-6(5)8/h1-3,6H. The Labute approximate surface area is 46.5 Å². The van der Waals surface area contributed by atoms with Crippen LogP contribution in [-0.2, 0) is 0 Å². The van der Waals surface area contributed by atoms with Crippen molar-refractivity contribution in [3.63, 3.8) is 0 Å². The van der Waals surface area contributed by atoms with Gasteiger partial charge in [-0.2, -0.15) is 0 Å². The van der Waals surface area contributed by atoms with Crippen molar-refractivity contribution in [1.82, 2.24) is 0 Å². The molecule has 0 N–H and O–H groups in total. The molecule has 0 spiro atoms. The van der Waals surface area contributed by atoms with Gasteiger partial charge in [-0.15, -0.1) is 0 Å². The number of rotatable bonds is 0. The first kappa shape index (κ1) is 5.48. The van der Waals surface area contributed by atoms with E-state index in [1.807, 2.05) is 0 Å². The van der Waals surface area contributed by atoms with E-state index in [0.717, 1.165) is 6.08 Å². The highest BCUT2D eigenvalue weighted by molar-refractivity contribution is 5.20. The summed E-state index contributed by atoms with van der Waals surface area (Å²) in [6.07, 6.45) is 3.58. The maximum absolute atomic E-state index is 12.0. The van der Waals surface area contributed by atoms with E-state index < -0.39 is 12.3 Å². The zero-order chi connectivity index (χ0) is 5.98. The van der Waals surface area contributed by atoms with Gasteiger partial charge >= 0.3 is 0 Å². The largest absolute Gasteiger partial charge is 0.238 e. The molecule has 0 saturated carbocycles. The molecule has 1 unspecified atom stereocenters. The second-order valence-corrected chi connectivity index (χ2v) is 1.44. The van der Waals surface area contributed by atoms with Gasteiger partial charge in [0.25, 0.3) is 0 Å². The molecule has 0 aliphatic heterocycles. The van der Waals surface area contributed by atoms with Crippen LogP contribution in [0.3, 0.4) is 0 Å². The SMILES string of the molecule is F[C]1C=CC=[C]C1F. The molecule has 0 bridgehead atoms. The van der Waals surface area contributed by atoms with Crippen molar-refractivity contribution in [3.05, 3.63) is 30.5 Å². The highest BCUT2D eigenvalue weighted by Crippen LogP contribution is 2.17. The minimum atomic E-state index is -1.64. The van der Waals surface area contributed by atoms with Crippen molar-refractivity contribution in [2.45, 2.75) is 6.17 Å². The molecule has 1 aliphatic rings. The molecule has 1 rings (SSSR count). The van der Waals surface area contributed by atoms with Crippen molar-refractivity contribution in [2.24, 2.45) is 0 Å². The van der Waals surface area contributed by atoms with Crippen LogP contribution in [-0.4, -0.2) is 6.17 Å². The molecule has 0 heterocycles. The van der Waals surface area contributed by atoms with Crippen LogP contribution < -0.4 is 0 Å². The molecule has 42 valence electrons. The molecule has 0 saturated heterocycles. The van der Waals surface area contributed by atoms with Crippen LogP contribution in [0.4, 0.5) is 8.78 Å². The maximum atomic E-state index is 12.0. The number of halogens is 2. The van der Waals surface area contributed by atoms with Gasteiger partial charge in [0.1, 0.15) is 0 Å². The van der Waals surface area contributed by atoms with Crippen LogP contribution in [0, 0.1) is 12.2 Å². The van der Waals surface area contributed by atoms with Crippen LogP contribution in [0.1, 0.15) is 0 Å². The van der Waals surface area contributed by atoms with E-state index in [1.54, 1.807) is 0 Å². The third kappa shape index (κ3) is 0.941. The van der Waals surface area contributed by atoms with Gasteiger partial charge in [-0.3, -0.25) is 0 Å². The Morgan fingerprint density at radius 2 is 2.38 bits per heavy atom. The molecular formula is C6H4F2. The molecule has 0 amide bonds. The lowest BCUT2D eigenvalue weighted by atomic mass is 10.1. The second kappa shape index (κ2) is 2.07. The Bertz CT molecular complexity index is 110. The highest BCUT2D eigenvalue weighted by Gasteiger charge is 2.17. The minimum Gasteiger partial charge on any atom is -0.238 e. The van der Waals surface area contributed by atoms with Gasteiger partial charge in [0.2, 0.25) is 6.17 Å². The Hall–Kier alpha value is -0.660. The van der Waals surface area contributed by atoms with Crippen molar-refractivity contribution in [1.29, 1.82) is 0 Å². The fourth-order valence-corrected chi connectivity index (χ4v) is 0.444. The smallest absolute Gasteiger partial charge is 0.205 e. The number of allylic oxidation sites excluding steroid dienone is 4. The lowest BCUT2D eigenvalue weighted by Gasteiger charge is -2.03. The van der Waals surface area contributed by atoms with Crippen molar-refractivity contribution < 1.29 is 8.78 Å². The summed E-state index contributed by atoms with van der Waals surface area (Å²) >= 11 is 0. The lowest BCUT2D eigenvalue weighted by Crippen LogP contribution is -2.05. The summed E-state index contributed by atoms with van der Waals surface area (Å²) in [5, 5.41) is 0. The normalized spacial score (nSPS) is 29.0. The van der Waals surface area contributed by atoms with Crippen LogP contribution in [0.5, 0.6) is 0 Å². The van der Waals surface area contributed by atoms with Crippen LogP contribution in [0.25, 0.3) is 0 Å². The van der Waals surface area contributed by atoms with Crippen LogP contribution in [0.15, 0.2) is 18.2 Å². The van der Waals surface area contributed by atoms with Gasteiger partial charge in [0.15, 0.2) is 6.17 Å². The second-order valence-electron chi connectivity index (χ2n) is 1.44. The summed E-state index contributed by atoms with van der Waals surface area (Å²) in [7, 11) is 0. The van der Waals surface area contributed by atoms with Gasteiger partial charge in [0.05, 0.1) is 0 Å². The predicted molar refractivity (Wildman–Crippen MR) is 26.2 cm³/mol. The average Bonchev–Trinajstić information content (AvgIpc) is 1.77. The Kier molecular flexibility index (Phi) is 1.42. The zero-order valence-electron chi connectivity index (χ0n) is 4.07. The van der Waals surface area contributed by atoms with E-state index in [9.17, 15) is 8.78 Å². The fourth-order valence-electron chi connectivity index (χ4n) is 0.444. The summed E-state index contributed by atoms with van der Waals surface area (Å²) in [5.74, 6) is 0. The number of hydrogen-bond donors (Lipinski definition) is 0. The molecule has 0 aromatic rings. The summed E-state index contributed by atoms with van der Waals surface area (Å²) in [4.78, 5) is 0. The summed E-state index contributed by atoms with van der Waals surface area (Å²) < 4.78 is 23.9. The summed E-state index contributed by atoms with van der Waals surface area (Å²) in [6.45, 7) is 0. The van der Waals surface area contributed by atoms with E-state index in [2.05, 4.69) is 6.08 Å². The molecule has 0 aromatic heterocycles. The monoisotopic (exact) mass is 114 g/mol. The molecule has 8 heavy (non-hydrogen) atoms. The Morgan fingerprint density at radius 1 is 1.62 bits per heavy atom. The van der Waals surface area contributed by atoms with Gasteiger partial charge in [-0.25, -0.2) is 8.78 Å². The molecule has 0 fully saturated rings. The first-order valence-corrected chi connectivity index (χ1v) is 2.23. The number of alkyl halides is 1.